The average Bonchev–Trinajstić information content (AvgIpc) is 3.55. The molecule has 4 rings (SSSR count). The maximum absolute atomic E-state index is 12.6. The molecule has 4 aromatic rings. The van der Waals surface area contributed by atoms with Crippen LogP contribution >= 0.6 is 0 Å². The van der Waals surface area contributed by atoms with Crippen molar-refractivity contribution in [1.82, 2.24) is 19.1 Å². The van der Waals surface area contributed by atoms with E-state index in [2.05, 4.69) is 66.0 Å². The van der Waals surface area contributed by atoms with Gasteiger partial charge in [-0.05, 0) is 72.6 Å². The monoisotopic (exact) mass is 560 g/mol. The van der Waals surface area contributed by atoms with Gasteiger partial charge in [0.15, 0.2) is 8.32 Å². The van der Waals surface area contributed by atoms with Crippen LogP contribution in [0.25, 0.3) is 10.9 Å². The van der Waals surface area contributed by atoms with Crippen LogP contribution < -0.4 is 11.1 Å². The summed E-state index contributed by atoms with van der Waals surface area (Å²) in [7, 11) is -2.10. The smallest absolute Gasteiger partial charge is 0.268 e. The zero-order valence-corrected chi connectivity index (χ0v) is 25.1. The van der Waals surface area contributed by atoms with Crippen molar-refractivity contribution in [2.45, 2.75) is 77.4 Å². The molecule has 9 nitrogen and oxygen atoms in total. The molecule has 0 unspecified atom stereocenters. The van der Waals surface area contributed by atoms with Gasteiger partial charge in [-0.1, -0.05) is 32.9 Å². The van der Waals surface area contributed by atoms with Gasteiger partial charge in [-0.25, -0.2) is 4.98 Å². The molecule has 3 N–H and O–H groups in total. The van der Waals surface area contributed by atoms with E-state index in [1.54, 1.807) is 24.9 Å². The zero-order chi connectivity index (χ0) is 28.9. The first-order valence-electron chi connectivity index (χ1n) is 13.7. The quantitative estimate of drug-likeness (QED) is 0.209. The van der Waals surface area contributed by atoms with E-state index >= 15 is 0 Å². The van der Waals surface area contributed by atoms with Crippen molar-refractivity contribution in [2.75, 3.05) is 5.32 Å². The Morgan fingerprint density at radius 3 is 2.65 bits per heavy atom. The summed E-state index contributed by atoms with van der Waals surface area (Å²) in [6.45, 7) is 11.8. The number of anilines is 1. The summed E-state index contributed by atoms with van der Waals surface area (Å²) >= 11 is 0. The minimum absolute atomic E-state index is 0.0254. The molecular formula is C30H40N6O3Si. The van der Waals surface area contributed by atoms with E-state index < -0.39 is 14.2 Å². The van der Waals surface area contributed by atoms with Gasteiger partial charge in [-0.2, -0.15) is 0 Å². The van der Waals surface area contributed by atoms with Crippen LogP contribution in [-0.4, -0.2) is 39.2 Å². The minimum Gasteiger partial charge on any atom is -0.397 e. The maximum atomic E-state index is 12.6. The highest BCUT2D eigenvalue weighted by molar-refractivity contribution is 6.74. The Bertz CT molecular complexity index is 1460. The second-order valence-corrected chi connectivity index (χ2v) is 16.5. The number of hydrogen-bond donors (Lipinski definition) is 2. The molecule has 0 fully saturated rings. The molecule has 0 aliphatic carbocycles. The number of fused-ring (bicyclic) bond motifs is 1. The predicted molar refractivity (Wildman–Crippen MR) is 160 cm³/mol. The number of aromatic nitrogens is 4. The molecule has 0 radical (unpaired) electrons. The number of primary amides is 1. The number of aryl methyl sites for hydroxylation is 2. The van der Waals surface area contributed by atoms with Gasteiger partial charge < -0.3 is 24.6 Å². The first-order chi connectivity index (χ1) is 18.9. The van der Waals surface area contributed by atoms with E-state index in [0.717, 1.165) is 41.5 Å². The standard InChI is InChI=1S/C30H40N6O3Si/c1-30(2,3)40(4,5)39-28(36-20-25(29(31)38)33-21-36)9-7-16-35-17-14-23-11-12-24(18-26(23)35)34-27(37)13-10-22-8-6-15-32-19-22/h6,8,11-12,14-15,17-21,28H,7,9-10,13,16H2,1-5H3,(H2,31,38)(H,34,37)/t28-/m1/s1. The normalized spacial score (nSPS) is 12.9. The Kier molecular flexibility index (Phi) is 8.90. The summed E-state index contributed by atoms with van der Waals surface area (Å²) < 4.78 is 10.8. The number of carbonyl (C=O) groups excluding carboxylic acids is 2. The third-order valence-corrected chi connectivity index (χ3v) is 12.2. The molecular weight excluding hydrogens is 520 g/mol. The Morgan fingerprint density at radius 2 is 1.98 bits per heavy atom. The summed E-state index contributed by atoms with van der Waals surface area (Å²) in [6.07, 6.45) is 11.3. The van der Waals surface area contributed by atoms with E-state index in [4.69, 9.17) is 10.2 Å². The molecule has 3 heterocycles. The van der Waals surface area contributed by atoms with Gasteiger partial charge >= 0.3 is 0 Å². The Hall–Kier alpha value is -3.76. The predicted octanol–water partition coefficient (Wildman–Crippen LogP) is 5.90. The van der Waals surface area contributed by atoms with Crippen molar-refractivity contribution in [3.05, 3.63) is 78.8 Å². The number of pyridine rings is 1. The lowest BCUT2D eigenvalue weighted by Gasteiger charge is -2.39. The van der Waals surface area contributed by atoms with Crippen molar-refractivity contribution in [2.24, 2.45) is 5.73 Å². The Balaban J connectivity index is 1.42. The molecule has 2 amide bonds. The number of hydrogen-bond acceptors (Lipinski definition) is 5. The van der Waals surface area contributed by atoms with Crippen LogP contribution in [0.4, 0.5) is 5.69 Å². The van der Waals surface area contributed by atoms with Crippen LogP contribution in [0.3, 0.4) is 0 Å². The lowest BCUT2D eigenvalue weighted by atomic mass is 10.1. The highest BCUT2D eigenvalue weighted by atomic mass is 28.4. The van der Waals surface area contributed by atoms with E-state index in [1.807, 2.05) is 34.9 Å². The van der Waals surface area contributed by atoms with Crippen LogP contribution in [0.1, 0.15) is 62.3 Å². The summed E-state index contributed by atoms with van der Waals surface area (Å²) in [6, 6.07) is 11.9. The van der Waals surface area contributed by atoms with E-state index in [0.29, 0.717) is 12.8 Å². The van der Waals surface area contributed by atoms with Crippen molar-refractivity contribution < 1.29 is 14.0 Å². The second-order valence-electron chi connectivity index (χ2n) is 11.7. The molecule has 0 aliphatic heterocycles. The van der Waals surface area contributed by atoms with E-state index in [-0.39, 0.29) is 22.9 Å². The van der Waals surface area contributed by atoms with Gasteiger partial charge in [0.05, 0.1) is 11.8 Å². The third-order valence-electron chi connectivity index (χ3n) is 7.69. The first kappa shape index (κ1) is 29.2. The molecule has 1 aromatic carbocycles. The molecule has 0 saturated carbocycles. The van der Waals surface area contributed by atoms with E-state index in [1.165, 1.54) is 0 Å². The van der Waals surface area contributed by atoms with Crippen LogP contribution in [0, 0.1) is 0 Å². The van der Waals surface area contributed by atoms with Gasteiger partial charge in [-0.15, -0.1) is 0 Å². The lowest BCUT2D eigenvalue weighted by Crippen LogP contribution is -2.42. The first-order valence-corrected chi connectivity index (χ1v) is 16.6. The number of nitrogens with zero attached hydrogens (tertiary/aromatic N) is 4. The molecule has 0 spiro atoms. The van der Waals surface area contributed by atoms with Gasteiger partial charge in [0.1, 0.15) is 11.9 Å². The number of amides is 2. The number of imidazole rings is 1. The van der Waals surface area contributed by atoms with Crippen LogP contribution in [0.5, 0.6) is 0 Å². The van der Waals surface area contributed by atoms with Crippen molar-refractivity contribution >= 4 is 36.7 Å². The fraction of sp³-hybridized carbons (Fsp3) is 0.400. The number of benzene rings is 1. The molecule has 10 heteroatoms. The third kappa shape index (κ3) is 7.25. The largest absolute Gasteiger partial charge is 0.397 e. The summed E-state index contributed by atoms with van der Waals surface area (Å²) in [4.78, 5) is 32.5. The summed E-state index contributed by atoms with van der Waals surface area (Å²) in [5.74, 6) is -0.578. The van der Waals surface area contributed by atoms with Gasteiger partial charge in [0, 0.05) is 43.4 Å². The van der Waals surface area contributed by atoms with Crippen molar-refractivity contribution in [3.63, 3.8) is 0 Å². The summed E-state index contributed by atoms with van der Waals surface area (Å²) in [5.41, 5.74) is 8.56. The number of carbonyl (C=O) groups is 2. The molecule has 1 atom stereocenters. The number of nitrogens with two attached hydrogens (primary N) is 1. The lowest BCUT2D eigenvalue weighted by molar-refractivity contribution is -0.116. The maximum Gasteiger partial charge on any atom is 0.268 e. The molecule has 3 aromatic heterocycles. The molecule has 0 aliphatic rings. The Labute approximate surface area is 236 Å². The molecule has 40 heavy (non-hydrogen) atoms. The van der Waals surface area contributed by atoms with Crippen LogP contribution in [0.15, 0.2) is 67.5 Å². The van der Waals surface area contributed by atoms with Gasteiger partial charge in [0.2, 0.25) is 5.91 Å². The SMILES string of the molecule is CC(C)(C)[Si](C)(C)O[C@H](CCCn1ccc2ccc(NC(=O)CCc3cccnc3)cc21)n1cnc(C(N)=O)c1. The van der Waals surface area contributed by atoms with Crippen LogP contribution in [0.2, 0.25) is 18.1 Å². The van der Waals surface area contributed by atoms with Crippen molar-refractivity contribution in [1.29, 1.82) is 0 Å². The highest BCUT2D eigenvalue weighted by Crippen LogP contribution is 2.39. The van der Waals surface area contributed by atoms with Crippen LogP contribution in [-0.2, 0) is 22.2 Å². The fourth-order valence-corrected chi connectivity index (χ4v) is 5.60. The molecule has 0 bridgehead atoms. The topological polar surface area (TPSA) is 117 Å². The fourth-order valence-electron chi connectivity index (χ4n) is 4.33. The second kappa shape index (κ2) is 12.2. The molecule has 212 valence electrons. The Morgan fingerprint density at radius 1 is 1.18 bits per heavy atom. The minimum atomic E-state index is -2.10. The van der Waals surface area contributed by atoms with E-state index in [9.17, 15) is 9.59 Å². The highest BCUT2D eigenvalue weighted by Gasteiger charge is 2.39. The average molecular weight is 561 g/mol. The summed E-state index contributed by atoms with van der Waals surface area (Å²) in [5, 5.41) is 4.18. The number of nitrogens with one attached hydrogen (secondary N) is 1. The van der Waals surface area contributed by atoms with Gasteiger partial charge in [-0.3, -0.25) is 14.6 Å². The molecule has 0 saturated heterocycles. The number of rotatable bonds is 12. The van der Waals surface area contributed by atoms with Crippen molar-refractivity contribution in [3.8, 4) is 0 Å². The van der Waals surface area contributed by atoms with Gasteiger partial charge in [0.25, 0.3) is 5.91 Å². The zero-order valence-electron chi connectivity index (χ0n) is 24.1.